The molecule has 3 N–H and O–H groups in total. The van der Waals surface area contributed by atoms with Crippen LogP contribution in [0.1, 0.15) is 73.0 Å². The van der Waals surface area contributed by atoms with Crippen LogP contribution in [0.3, 0.4) is 0 Å². The topological polar surface area (TPSA) is 121 Å². The van der Waals surface area contributed by atoms with Gasteiger partial charge in [0.25, 0.3) is 0 Å². The lowest BCUT2D eigenvalue weighted by Gasteiger charge is -2.41. The molecule has 2 atom stereocenters. The Labute approximate surface area is 291 Å². The van der Waals surface area contributed by atoms with E-state index in [4.69, 9.17) is 9.47 Å². The van der Waals surface area contributed by atoms with Gasteiger partial charge >= 0.3 is 30.6 Å². The first-order valence-electron chi connectivity index (χ1n) is 15.7. The highest BCUT2D eigenvalue weighted by Gasteiger charge is 2.41. The van der Waals surface area contributed by atoms with E-state index in [-0.39, 0.29) is 53.9 Å². The molecule has 18 heteroatoms. The summed E-state index contributed by atoms with van der Waals surface area (Å²) in [7, 11) is 0. The van der Waals surface area contributed by atoms with E-state index in [2.05, 4.69) is 10.3 Å². The Hall–Kier alpha value is -4.74. The van der Waals surface area contributed by atoms with Crippen molar-refractivity contribution >= 4 is 23.6 Å². The quantitative estimate of drug-likeness (QED) is 0.167. The number of aliphatic hydroxyl groups is 1. The van der Waals surface area contributed by atoms with Crippen LogP contribution in [0.5, 0.6) is 5.75 Å². The molecule has 0 radical (unpaired) electrons. The molecule has 1 amide bonds. The van der Waals surface area contributed by atoms with Crippen molar-refractivity contribution in [2.24, 2.45) is 5.41 Å². The predicted octanol–water partition coefficient (Wildman–Crippen LogP) is 8.49. The molecule has 284 valence electrons. The maximum Gasteiger partial charge on any atom is 0.416 e. The molecular weight excluding hydrogens is 717 g/mol. The molecule has 2 aromatic carbocycles. The average molecular weight is 752 g/mol. The number of carbonyl (C=O) groups is 2. The number of rotatable bonds is 11. The fraction of sp³-hybridized carbons (Fsp3) is 0.441. The first-order chi connectivity index (χ1) is 24.0. The Kier molecular flexibility index (Phi) is 11.6. The monoisotopic (exact) mass is 751 g/mol. The van der Waals surface area contributed by atoms with E-state index in [9.17, 15) is 59.3 Å². The minimum Gasteiger partial charge on any atom is -0.490 e. The van der Waals surface area contributed by atoms with Gasteiger partial charge in [-0.25, -0.2) is 9.78 Å². The molecule has 1 aromatic heterocycles. The van der Waals surface area contributed by atoms with Gasteiger partial charge in [-0.05, 0) is 80.3 Å². The summed E-state index contributed by atoms with van der Waals surface area (Å²) in [5.41, 5.74) is -6.19. The smallest absolute Gasteiger partial charge is 0.416 e. The summed E-state index contributed by atoms with van der Waals surface area (Å²) in [6.07, 6.45) is -15.4. The number of carboxylic acids is 1. The third kappa shape index (κ3) is 9.37. The summed E-state index contributed by atoms with van der Waals surface area (Å²) < 4.78 is 134. The number of hydrogen-bond donors (Lipinski definition) is 3. The van der Waals surface area contributed by atoms with Gasteiger partial charge in [-0.1, -0.05) is 6.92 Å². The van der Waals surface area contributed by atoms with Gasteiger partial charge in [0.2, 0.25) is 0 Å². The maximum absolute atomic E-state index is 13.9. The molecule has 0 unspecified atom stereocenters. The van der Waals surface area contributed by atoms with Crippen molar-refractivity contribution in [3.8, 4) is 5.75 Å². The van der Waals surface area contributed by atoms with E-state index < -0.39 is 90.0 Å². The van der Waals surface area contributed by atoms with Crippen LogP contribution in [0.2, 0.25) is 0 Å². The van der Waals surface area contributed by atoms with Gasteiger partial charge in [0.1, 0.15) is 24.8 Å². The van der Waals surface area contributed by atoms with Crippen LogP contribution >= 0.6 is 0 Å². The molecule has 1 aliphatic rings. The van der Waals surface area contributed by atoms with Crippen LogP contribution in [0.4, 0.5) is 55.8 Å². The van der Waals surface area contributed by atoms with Crippen LogP contribution in [-0.4, -0.2) is 53.1 Å². The molecule has 9 nitrogen and oxygen atoms in total. The van der Waals surface area contributed by atoms with Crippen molar-refractivity contribution in [2.45, 2.75) is 70.6 Å². The molecule has 0 bridgehead atoms. The number of aromatic nitrogens is 1. The number of halogens is 9. The third-order valence-corrected chi connectivity index (χ3v) is 8.32. The van der Waals surface area contributed by atoms with E-state index in [1.165, 1.54) is 19.9 Å². The van der Waals surface area contributed by atoms with E-state index in [0.717, 1.165) is 29.3 Å². The molecule has 0 saturated heterocycles. The maximum atomic E-state index is 13.9. The highest BCUT2D eigenvalue weighted by molar-refractivity contribution is 5.91. The largest absolute Gasteiger partial charge is 0.490 e. The van der Waals surface area contributed by atoms with Crippen LogP contribution in [0.15, 0.2) is 48.7 Å². The van der Waals surface area contributed by atoms with Gasteiger partial charge < -0.3 is 25.0 Å². The zero-order valence-electron chi connectivity index (χ0n) is 27.8. The van der Waals surface area contributed by atoms with E-state index in [0.29, 0.717) is 12.1 Å². The normalized spacial score (nSPS) is 16.7. The fourth-order valence-electron chi connectivity index (χ4n) is 5.54. The van der Waals surface area contributed by atoms with Crippen molar-refractivity contribution in [3.05, 3.63) is 82.0 Å². The fourth-order valence-corrected chi connectivity index (χ4v) is 5.54. The zero-order chi connectivity index (χ0) is 38.8. The summed E-state index contributed by atoms with van der Waals surface area (Å²) in [6.45, 7) is 3.07. The van der Waals surface area contributed by atoms with Crippen molar-refractivity contribution < 1.29 is 68.8 Å². The number of alkyl halides is 9. The number of nitrogens with zero attached hydrogens (tertiary/aromatic N) is 2. The average Bonchev–Trinajstić information content (AvgIpc) is 3.05. The Morgan fingerprint density at radius 1 is 0.923 bits per heavy atom. The number of hydrogen-bond acceptors (Lipinski definition) is 7. The minimum absolute atomic E-state index is 0.00204. The lowest BCUT2D eigenvalue weighted by molar-refractivity contribution is -0.149. The Balaban J connectivity index is 1.81. The van der Waals surface area contributed by atoms with Crippen molar-refractivity contribution in [3.63, 3.8) is 0 Å². The van der Waals surface area contributed by atoms with Crippen LogP contribution in [0, 0.1) is 5.41 Å². The molecule has 0 fully saturated rings. The molecule has 0 aliphatic carbocycles. The zero-order valence-corrected chi connectivity index (χ0v) is 27.8. The Bertz CT molecular complexity index is 1740. The summed E-state index contributed by atoms with van der Waals surface area (Å²) in [5.74, 6) is -1.39. The van der Waals surface area contributed by atoms with Gasteiger partial charge in [0.05, 0.1) is 46.6 Å². The first-order valence-corrected chi connectivity index (χ1v) is 15.7. The standard InChI is InChI=1S/C34H34F9N3O6/c1-4-23-15-26(25-14-20(32(35,36)37)5-6-27(25)46(23)30(50)52-17-31(2,3)29(48)49)45-28-19(12-24(16-44-28)51-8-7-47)9-18-10-21(33(38,39)40)13-22(11-18)34(41,42)43/h5-6,10-14,16,23,26,47H,4,7-9,15,17H2,1-3H3,(H,44,45)(H,48,49)/t23-,26+/m1/s1. The number of aliphatic hydroxyl groups excluding tert-OH is 1. The number of pyridine rings is 1. The molecule has 3 aromatic rings. The Morgan fingerprint density at radius 3 is 2.08 bits per heavy atom. The second kappa shape index (κ2) is 15.1. The predicted molar refractivity (Wildman–Crippen MR) is 168 cm³/mol. The highest BCUT2D eigenvalue weighted by Crippen LogP contribution is 2.44. The number of aliphatic carboxylic acids is 1. The Morgan fingerprint density at radius 2 is 1.54 bits per heavy atom. The second-order valence-electron chi connectivity index (χ2n) is 12.7. The molecule has 4 rings (SSSR count). The number of carbonyl (C=O) groups excluding carboxylic acids is 1. The van der Waals surface area contributed by atoms with Crippen LogP contribution < -0.4 is 15.0 Å². The van der Waals surface area contributed by atoms with Crippen LogP contribution in [-0.2, 0) is 34.5 Å². The summed E-state index contributed by atoms with van der Waals surface area (Å²) in [6, 6.07) is 3.12. The number of benzene rings is 2. The van der Waals surface area contributed by atoms with Crippen molar-refractivity contribution in [1.82, 2.24) is 4.98 Å². The minimum atomic E-state index is -5.13. The number of nitrogens with one attached hydrogen (secondary N) is 1. The molecule has 1 aliphatic heterocycles. The lowest BCUT2D eigenvalue weighted by Crippen LogP contribution is -2.47. The first kappa shape index (κ1) is 40.0. The van der Waals surface area contributed by atoms with E-state index >= 15 is 0 Å². The van der Waals surface area contributed by atoms with Gasteiger partial charge in [0, 0.05) is 18.0 Å². The van der Waals surface area contributed by atoms with Crippen molar-refractivity contribution in [1.29, 1.82) is 0 Å². The summed E-state index contributed by atoms with van der Waals surface area (Å²) in [4.78, 5) is 30.3. The van der Waals surface area contributed by atoms with Gasteiger partial charge in [0.15, 0.2) is 0 Å². The third-order valence-electron chi connectivity index (χ3n) is 8.32. The van der Waals surface area contributed by atoms with Gasteiger partial charge in [-0.3, -0.25) is 9.69 Å². The number of fused-ring (bicyclic) bond motifs is 1. The van der Waals surface area contributed by atoms with Crippen molar-refractivity contribution in [2.75, 3.05) is 30.0 Å². The summed E-state index contributed by atoms with van der Waals surface area (Å²) >= 11 is 0. The highest BCUT2D eigenvalue weighted by atomic mass is 19.4. The number of anilines is 2. The SMILES string of the molecule is CC[C@@H]1C[C@H](Nc2ncc(OCCO)cc2Cc2cc(C(F)(F)F)cc(C(F)(F)F)c2)c2cc(C(F)(F)F)ccc2N1C(=O)OCC(C)(C)C(=O)O. The number of carboxylic acid groups (broad SMARTS) is 1. The lowest BCUT2D eigenvalue weighted by atomic mass is 9.88. The molecule has 52 heavy (non-hydrogen) atoms. The second-order valence-corrected chi connectivity index (χ2v) is 12.7. The molecule has 0 spiro atoms. The number of ether oxygens (including phenoxy) is 2. The molecule has 2 heterocycles. The van der Waals surface area contributed by atoms with Gasteiger partial charge in [-0.2, -0.15) is 39.5 Å². The van der Waals surface area contributed by atoms with E-state index in [1.54, 1.807) is 6.92 Å². The molecular formula is C34H34F9N3O6. The van der Waals surface area contributed by atoms with Gasteiger partial charge in [-0.15, -0.1) is 0 Å². The molecule has 0 saturated carbocycles. The van der Waals surface area contributed by atoms with Crippen LogP contribution in [0.25, 0.3) is 0 Å². The van der Waals surface area contributed by atoms with E-state index in [1.807, 2.05) is 0 Å². The summed E-state index contributed by atoms with van der Waals surface area (Å²) in [5, 5.41) is 21.6. The number of amides is 1.